The molecule has 1 aromatic heterocycles. The zero-order chi connectivity index (χ0) is 13.8. The van der Waals surface area contributed by atoms with Gasteiger partial charge in [-0.3, -0.25) is 4.79 Å². The summed E-state index contributed by atoms with van der Waals surface area (Å²) in [6, 6.07) is 8.66. The lowest BCUT2D eigenvalue weighted by Crippen LogP contribution is -2.13. The van der Waals surface area contributed by atoms with Gasteiger partial charge in [0.15, 0.2) is 0 Å². The molecule has 1 heterocycles. The third-order valence-electron chi connectivity index (χ3n) is 2.26. The largest absolute Gasteiger partial charge is 0.306 e. The van der Waals surface area contributed by atoms with E-state index in [4.69, 9.17) is 23.2 Å². The Labute approximate surface area is 124 Å². The van der Waals surface area contributed by atoms with Crippen LogP contribution in [0.1, 0.15) is 10.4 Å². The fraction of sp³-hybridized carbons (Fsp3) is 0.0833. The van der Waals surface area contributed by atoms with E-state index in [0.29, 0.717) is 5.56 Å². The van der Waals surface area contributed by atoms with Crippen molar-refractivity contribution in [1.29, 1.82) is 0 Å². The highest BCUT2D eigenvalue weighted by Gasteiger charge is 2.08. The zero-order valence-corrected chi connectivity index (χ0v) is 12.2. The van der Waals surface area contributed by atoms with Crippen molar-refractivity contribution in [2.45, 2.75) is 4.90 Å². The number of thioether (sulfide) groups is 1. The van der Waals surface area contributed by atoms with E-state index < -0.39 is 0 Å². The number of carbonyl (C=O) groups excluding carboxylic acids is 1. The molecule has 98 valence electrons. The summed E-state index contributed by atoms with van der Waals surface area (Å²) in [4.78, 5) is 20.6. The third kappa shape index (κ3) is 3.83. The number of amides is 1. The molecular formula is C12H9Cl2N3OS. The Morgan fingerprint density at radius 1 is 1.21 bits per heavy atom. The van der Waals surface area contributed by atoms with E-state index >= 15 is 0 Å². The molecule has 2 aromatic rings. The highest BCUT2D eigenvalue weighted by atomic mass is 35.5. The maximum Gasteiger partial charge on any atom is 0.256 e. The number of halogens is 2. The highest BCUT2D eigenvalue weighted by Crippen LogP contribution is 2.17. The molecule has 0 bridgehead atoms. The maximum absolute atomic E-state index is 12.0. The molecule has 0 atom stereocenters. The summed E-state index contributed by atoms with van der Waals surface area (Å²) < 4.78 is 0. The topological polar surface area (TPSA) is 54.9 Å². The number of benzene rings is 1. The van der Waals surface area contributed by atoms with Crippen molar-refractivity contribution in [1.82, 2.24) is 9.97 Å². The first kappa shape index (κ1) is 14.1. The fourth-order valence-electron chi connectivity index (χ4n) is 1.38. The Morgan fingerprint density at radius 2 is 1.89 bits per heavy atom. The van der Waals surface area contributed by atoms with Crippen LogP contribution in [-0.4, -0.2) is 22.1 Å². The molecule has 19 heavy (non-hydrogen) atoms. The van der Waals surface area contributed by atoms with Crippen LogP contribution in [0.3, 0.4) is 0 Å². The number of nitrogens with zero attached hydrogens (tertiary/aromatic N) is 2. The third-order valence-corrected chi connectivity index (χ3v) is 3.37. The second kappa shape index (κ2) is 6.23. The van der Waals surface area contributed by atoms with Crippen molar-refractivity contribution >= 4 is 46.7 Å². The van der Waals surface area contributed by atoms with Gasteiger partial charge in [0, 0.05) is 16.5 Å². The molecule has 0 spiro atoms. The molecule has 1 amide bonds. The Balaban J connectivity index is 2.15. The molecule has 0 aliphatic rings. The van der Waals surface area contributed by atoms with E-state index in [1.807, 2.05) is 18.4 Å². The molecule has 2 rings (SSSR count). The van der Waals surface area contributed by atoms with Crippen molar-refractivity contribution in [3.8, 4) is 0 Å². The lowest BCUT2D eigenvalue weighted by molar-refractivity contribution is 0.102. The van der Waals surface area contributed by atoms with Gasteiger partial charge in [-0.05, 0) is 42.1 Å². The zero-order valence-electron chi connectivity index (χ0n) is 9.85. The van der Waals surface area contributed by atoms with Gasteiger partial charge in [-0.25, -0.2) is 9.97 Å². The number of anilines is 1. The summed E-state index contributed by atoms with van der Waals surface area (Å²) in [6.07, 6.45) is 1.97. The van der Waals surface area contributed by atoms with Crippen LogP contribution in [0.5, 0.6) is 0 Å². The number of hydrogen-bond acceptors (Lipinski definition) is 4. The molecule has 4 nitrogen and oxygen atoms in total. The van der Waals surface area contributed by atoms with Crippen LogP contribution in [0, 0.1) is 0 Å². The number of carbonyl (C=O) groups is 1. The van der Waals surface area contributed by atoms with E-state index in [1.165, 1.54) is 6.07 Å². The first-order valence-corrected chi connectivity index (χ1v) is 7.22. The van der Waals surface area contributed by atoms with E-state index in [9.17, 15) is 4.79 Å². The van der Waals surface area contributed by atoms with Crippen LogP contribution >= 0.6 is 35.0 Å². The number of aromatic nitrogens is 2. The minimum Gasteiger partial charge on any atom is -0.306 e. The summed E-state index contributed by atoms with van der Waals surface area (Å²) in [5.41, 5.74) is 0.531. The van der Waals surface area contributed by atoms with Gasteiger partial charge in [0.2, 0.25) is 5.28 Å². The minimum atomic E-state index is -0.279. The predicted octanol–water partition coefficient (Wildman–Crippen LogP) is 3.76. The monoisotopic (exact) mass is 313 g/mol. The molecule has 0 aliphatic carbocycles. The van der Waals surface area contributed by atoms with Gasteiger partial charge in [-0.2, -0.15) is 0 Å². The lowest BCUT2D eigenvalue weighted by atomic mass is 10.2. The van der Waals surface area contributed by atoms with Gasteiger partial charge < -0.3 is 5.32 Å². The first-order valence-electron chi connectivity index (χ1n) is 5.24. The van der Waals surface area contributed by atoms with Crippen LogP contribution in [0.15, 0.2) is 35.2 Å². The minimum absolute atomic E-state index is 0.0134. The van der Waals surface area contributed by atoms with E-state index in [2.05, 4.69) is 15.3 Å². The molecule has 0 unspecified atom stereocenters. The van der Waals surface area contributed by atoms with Crippen molar-refractivity contribution in [3.05, 3.63) is 46.3 Å². The van der Waals surface area contributed by atoms with Crippen LogP contribution in [-0.2, 0) is 0 Å². The molecule has 0 aliphatic heterocycles. The van der Waals surface area contributed by atoms with E-state index in [-0.39, 0.29) is 22.2 Å². The Bertz CT molecular complexity index is 584. The standard InChI is InChI=1S/C12H9Cl2N3OS/c1-19-8-4-2-7(3-5-8)11(18)16-10-6-9(13)15-12(14)17-10/h2-6H,1H3,(H,15,16,17,18). The number of rotatable bonds is 3. The quantitative estimate of drug-likeness (QED) is 0.532. The van der Waals surface area contributed by atoms with Crippen molar-refractivity contribution in [2.75, 3.05) is 11.6 Å². The van der Waals surface area contributed by atoms with Gasteiger partial charge in [0.25, 0.3) is 5.91 Å². The molecule has 0 radical (unpaired) electrons. The van der Waals surface area contributed by atoms with Crippen LogP contribution in [0.2, 0.25) is 10.4 Å². The van der Waals surface area contributed by atoms with Crippen LogP contribution < -0.4 is 5.32 Å². The normalized spacial score (nSPS) is 10.3. The summed E-state index contributed by atoms with van der Waals surface area (Å²) in [5, 5.41) is 2.77. The molecule has 0 saturated heterocycles. The average Bonchev–Trinajstić information content (AvgIpc) is 2.37. The van der Waals surface area contributed by atoms with Gasteiger partial charge >= 0.3 is 0 Å². The van der Waals surface area contributed by atoms with Crippen LogP contribution in [0.25, 0.3) is 0 Å². The first-order chi connectivity index (χ1) is 9.08. The Morgan fingerprint density at radius 3 is 2.47 bits per heavy atom. The molecule has 1 aromatic carbocycles. The summed E-state index contributed by atoms with van der Waals surface area (Å²) >= 11 is 13.0. The van der Waals surface area contributed by atoms with Crippen molar-refractivity contribution in [3.63, 3.8) is 0 Å². The van der Waals surface area contributed by atoms with Gasteiger partial charge in [-0.15, -0.1) is 11.8 Å². The predicted molar refractivity (Wildman–Crippen MR) is 78.2 cm³/mol. The Hall–Kier alpha value is -1.30. The maximum atomic E-state index is 12.0. The molecule has 0 fully saturated rings. The van der Waals surface area contributed by atoms with Crippen LogP contribution in [0.4, 0.5) is 5.82 Å². The summed E-state index contributed by atoms with van der Waals surface area (Å²) in [5.74, 6) is -0.0116. The molecule has 0 saturated carbocycles. The van der Waals surface area contributed by atoms with Crippen molar-refractivity contribution < 1.29 is 4.79 Å². The average molecular weight is 314 g/mol. The van der Waals surface area contributed by atoms with Crippen molar-refractivity contribution in [2.24, 2.45) is 0 Å². The molecular weight excluding hydrogens is 305 g/mol. The fourth-order valence-corrected chi connectivity index (χ4v) is 2.20. The number of nitrogens with one attached hydrogen (secondary N) is 1. The van der Waals surface area contributed by atoms with Gasteiger partial charge in [-0.1, -0.05) is 11.6 Å². The smallest absolute Gasteiger partial charge is 0.256 e. The number of hydrogen-bond donors (Lipinski definition) is 1. The summed E-state index contributed by atoms with van der Waals surface area (Å²) in [6.45, 7) is 0. The van der Waals surface area contributed by atoms with E-state index in [1.54, 1.807) is 23.9 Å². The van der Waals surface area contributed by atoms with E-state index in [0.717, 1.165) is 4.90 Å². The highest BCUT2D eigenvalue weighted by molar-refractivity contribution is 7.98. The summed E-state index contributed by atoms with van der Waals surface area (Å²) in [7, 11) is 0. The SMILES string of the molecule is CSc1ccc(C(=O)Nc2cc(Cl)nc(Cl)n2)cc1. The molecule has 7 heteroatoms. The van der Waals surface area contributed by atoms with Gasteiger partial charge in [0.1, 0.15) is 11.0 Å². The second-order valence-electron chi connectivity index (χ2n) is 3.53. The lowest BCUT2D eigenvalue weighted by Gasteiger charge is -2.05. The second-order valence-corrected chi connectivity index (χ2v) is 5.13. The van der Waals surface area contributed by atoms with Gasteiger partial charge in [0.05, 0.1) is 0 Å². The molecule has 1 N–H and O–H groups in total. The Kier molecular flexibility index (Phi) is 4.63.